The molecule has 0 radical (unpaired) electrons. The highest BCUT2D eigenvalue weighted by molar-refractivity contribution is 8.18. The normalized spacial score (nSPS) is 15.5. The molecule has 8 nitrogen and oxygen atoms in total. The largest absolute Gasteiger partial charge is 0.493 e. The summed E-state index contributed by atoms with van der Waals surface area (Å²) in [5, 5.41) is 12.3. The smallest absolute Gasteiger partial charge is 0.280 e. The number of thioether (sulfide) groups is 1. The van der Waals surface area contributed by atoms with Crippen LogP contribution in [-0.2, 0) is 11.2 Å². The van der Waals surface area contributed by atoms with Crippen molar-refractivity contribution in [2.75, 3.05) is 20.8 Å². The summed E-state index contributed by atoms with van der Waals surface area (Å²) in [6.07, 6.45) is 2.16. The monoisotopic (exact) mass is 503 g/mol. The molecule has 3 aromatic carbocycles. The quantitative estimate of drug-likeness (QED) is 0.220. The highest BCUT2D eigenvalue weighted by atomic mass is 32.2. The van der Waals surface area contributed by atoms with Crippen LogP contribution < -0.4 is 9.47 Å². The maximum atomic E-state index is 13.5. The number of nitrogens with zero attached hydrogens (tertiary/aromatic N) is 3. The summed E-state index contributed by atoms with van der Waals surface area (Å²) in [7, 11) is 2.86. The molecule has 3 aromatic rings. The van der Waals surface area contributed by atoms with Gasteiger partial charge in [0, 0.05) is 6.54 Å². The number of benzene rings is 3. The Morgan fingerprint density at radius 2 is 1.69 bits per heavy atom. The molecule has 0 aromatic heterocycles. The van der Waals surface area contributed by atoms with Crippen molar-refractivity contribution in [3.8, 4) is 11.5 Å². The maximum absolute atomic E-state index is 13.5. The number of nitro groups is 1. The molecule has 0 aliphatic carbocycles. The minimum Gasteiger partial charge on any atom is -0.493 e. The van der Waals surface area contributed by atoms with Gasteiger partial charge in [-0.05, 0) is 54.9 Å². The Kier molecular flexibility index (Phi) is 7.70. The molecular formula is C27H25N3O5S. The second-order valence-corrected chi connectivity index (χ2v) is 9.07. The van der Waals surface area contributed by atoms with Crippen LogP contribution in [0.15, 0.2) is 76.6 Å². The van der Waals surface area contributed by atoms with E-state index in [1.54, 1.807) is 4.90 Å². The van der Waals surface area contributed by atoms with E-state index in [-0.39, 0.29) is 22.9 Å². The van der Waals surface area contributed by atoms with Crippen LogP contribution >= 0.6 is 11.8 Å². The first kappa shape index (κ1) is 25.0. The summed E-state index contributed by atoms with van der Waals surface area (Å²) < 4.78 is 10.5. The van der Waals surface area contributed by atoms with Gasteiger partial charge >= 0.3 is 0 Å². The molecule has 9 heteroatoms. The lowest BCUT2D eigenvalue weighted by Gasteiger charge is -2.15. The predicted molar refractivity (Wildman–Crippen MR) is 142 cm³/mol. The molecule has 184 valence electrons. The molecule has 0 atom stereocenters. The Bertz CT molecular complexity index is 1340. The van der Waals surface area contributed by atoms with Crippen LogP contribution in [0.1, 0.15) is 16.7 Å². The number of aryl methyl sites for hydroxylation is 1. The van der Waals surface area contributed by atoms with Gasteiger partial charge < -0.3 is 9.47 Å². The number of carbonyl (C=O) groups is 1. The van der Waals surface area contributed by atoms with Crippen LogP contribution in [0.2, 0.25) is 0 Å². The van der Waals surface area contributed by atoms with E-state index in [0.717, 1.165) is 16.8 Å². The molecule has 0 saturated carbocycles. The zero-order valence-electron chi connectivity index (χ0n) is 20.1. The number of methoxy groups -OCH3 is 2. The van der Waals surface area contributed by atoms with E-state index in [4.69, 9.17) is 14.5 Å². The topological polar surface area (TPSA) is 94.3 Å². The summed E-state index contributed by atoms with van der Waals surface area (Å²) in [6.45, 7) is 2.42. The molecule has 1 heterocycles. The van der Waals surface area contributed by atoms with Gasteiger partial charge in [0.25, 0.3) is 11.6 Å². The molecule has 0 bridgehead atoms. The molecule has 1 fully saturated rings. The molecular weight excluding hydrogens is 478 g/mol. The molecule has 1 amide bonds. The first-order valence-corrected chi connectivity index (χ1v) is 12.0. The maximum Gasteiger partial charge on any atom is 0.280 e. The van der Waals surface area contributed by atoms with Gasteiger partial charge in [0.15, 0.2) is 16.7 Å². The molecule has 36 heavy (non-hydrogen) atoms. The SMILES string of the molecule is COc1cc(/C=C2/SC(=Nc3ccc(C)cc3)N(CCc3ccccc3)C2=O)c([N+](=O)[O-])cc1OC. The molecule has 1 saturated heterocycles. The van der Waals surface area contributed by atoms with E-state index in [1.165, 1.54) is 44.2 Å². The number of amides is 1. The van der Waals surface area contributed by atoms with E-state index >= 15 is 0 Å². The second kappa shape index (κ2) is 11.1. The lowest BCUT2D eigenvalue weighted by atomic mass is 10.1. The molecule has 1 aliphatic heterocycles. The van der Waals surface area contributed by atoms with Gasteiger partial charge in [-0.1, -0.05) is 48.0 Å². The first-order chi connectivity index (χ1) is 17.4. The van der Waals surface area contributed by atoms with Gasteiger partial charge in [-0.25, -0.2) is 4.99 Å². The number of hydrogen-bond donors (Lipinski definition) is 0. The fourth-order valence-corrected chi connectivity index (χ4v) is 4.72. The Morgan fingerprint density at radius 1 is 1.03 bits per heavy atom. The summed E-state index contributed by atoms with van der Waals surface area (Å²) >= 11 is 1.19. The number of ether oxygens (including phenoxy) is 2. The molecule has 4 rings (SSSR count). The third kappa shape index (κ3) is 5.58. The standard InChI is InChI=1S/C27H25N3O5S/c1-18-9-11-21(12-10-18)28-27-29(14-13-19-7-5-4-6-8-19)26(31)25(36-27)16-20-15-23(34-2)24(35-3)17-22(20)30(32)33/h4-12,15-17H,13-14H2,1-3H3/b25-16+,28-27?. The summed E-state index contributed by atoms with van der Waals surface area (Å²) in [5.74, 6) is 0.314. The van der Waals surface area contributed by atoms with Crippen molar-refractivity contribution in [3.63, 3.8) is 0 Å². The number of carbonyl (C=O) groups excluding carboxylic acids is 1. The lowest BCUT2D eigenvalue weighted by Crippen LogP contribution is -2.31. The van der Waals surface area contributed by atoms with E-state index in [0.29, 0.717) is 28.8 Å². The van der Waals surface area contributed by atoms with Crippen molar-refractivity contribution in [2.24, 2.45) is 4.99 Å². The Hall–Kier alpha value is -4.11. The number of hydrogen-bond acceptors (Lipinski definition) is 7. The van der Waals surface area contributed by atoms with Crippen molar-refractivity contribution in [2.45, 2.75) is 13.3 Å². The highest BCUT2D eigenvalue weighted by Crippen LogP contribution is 2.39. The zero-order valence-corrected chi connectivity index (χ0v) is 21.0. The average Bonchev–Trinajstić information content (AvgIpc) is 3.17. The molecule has 0 N–H and O–H groups in total. The van der Waals surface area contributed by atoms with Crippen LogP contribution in [0.25, 0.3) is 6.08 Å². The van der Waals surface area contributed by atoms with Crippen LogP contribution in [0.3, 0.4) is 0 Å². The average molecular weight is 504 g/mol. The van der Waals surface area contributed by atoms with Gasteiger partial charge in [-0.15, -0.1) is 0 Å². The van der Waals surface area contributed by atoms with E-state index in [1.807, 2.05) is 61.5 Å². The van der Waals surface area contributed by atoms with Gasteiger partial charge in [0.1, 0.15) is 0 Å². The minimum absolute atomic E-state index is 0.187. The van der Waals surface area contributed by atoms with E-state index in [9.17, 15) is 14.9 Å². The summed E-state index contributed by atoms with van der Waals surface area (Å²) in [6, 6.07) is 20.4. The van der Waals surface area contributed by atoms with Gasteiger partial charge in [0.05, 0.1) is 41.4 Å². The van der Waals surface area contributed by atoms with Crippen molar-refractivity contribution in [3.05, 3.63) is 98.4 Å². The van der Waals surface area contributed by atoms with Crippen molar-refractivity contribution in [1.29, 1.82) is 0 Å². The molecule has 0 unspecified atom stereocenters. The number of rotatable bonds is 8. The van der Waals surface area contributed by atoms with Crippen LogP contribution in [-0.4, -0.2) is 41.7 Å². The van der Waals surface area contributed by atoms with E-state index < -0.39 is 4.92 Å². The minimum atomic E-state index is -0.507. The summed E-state index contributed by atoms with van der Waals surface area (Å²) in [5.41, 5.74) is 2.98. The third-order valence-corrected chi connectivity index (χ3v) is 6.64. The van der Waals surface area contributed by atoms with Crippen molar-refractivity contribution < 1.29 is 19.2 Å². The molecule has 1 aliphatic rings. The first-order valence-electron chi connectivity index (χ1n) is 11.2. The Labute approximate surface area is 213 Å². The summed E-state index contributed by atoms with van der Waals surface area (Å²) in [4.78, 5) is 31.4. The second-order valence-electron chi connectivity index (χ2n) is 8.06. The zero-order chi connectivity index (χ0) is 25.7. The lowest BCUT2D eigenvalue weighted by molar-refractivity contribution is -0.385. The Morgan fingerprint density at radius 3 is 2.33 bits per heavy atom. The van der Waals surface area contributed by atoms with E-state index in [2.05, 4.69) is 0 Å². The number of amidine groups is 1. The molecule has 0 spiro atoms. The van der Waals surface area contributed by atoms with Gasteiger partial charge in [-0.2, -0.15) is 0 Å². The highest BCUT2D eigenvalue weighted by Gasteiger charge is 2.34. The van der Waals surface area contributed by atoms with Gasteiger partial charge in [0.2, 0.25) is 0 Å². The third-order valence-electron chi connectivity index (χ3n) is 5.63. The fraction of sp³-hybridized carbons (Fsp3) is 0.185. The fourth-order valence-electron chi connectivity index (χ4n) is 3.70. The van der Waals surface area contributed by atoms with Crippen molar-refractivity contribution in [1.82, 2.24) is 4.90 Å². The van der Waals surface area contributed by atoms with Crippen LogP contribution in [0.4, 0.5) is 11.4 Å². The number of nitro benzene ring substituents is 1. The van der Waals surface area contributed by atoms with Crippen LogP contribution in [0, 0.1) is 17.0 Å². The van der Waals surface area contributed by atoms with Crippen LogP contribution in [0.5, 0.6) is 11.5 Å². The number of aliphatic imine (C=N–C) groups is 1. The Balaban J connectivity index is 1.73. The predicted octanol–water partition coefficient (Wildman–Crippen LogP) is 5.77. The van der Waals surface area contributed by atoms with Gasteiger partial charge in [-0.3, -0.25) is 19.8 Å². The van der Waals surface area contributed by atoms with Crippen molar-refractivity contribution >= 4 is 40.3 Å².